The van der Waals surface area contributed by atoms with Gasteiger partial charge in [-0.05, 0) is 18.9 Å². The molecular formula is C13H8ClF3N2O2. The predicted octanol–water partition coefficient (Wildman–Crippen LogP) is 3.94. The van der Waals surface area contributed by atoms with Crippen LogP contribution in [0.15, 0.2) is 33.8 Å². The molecule has 0 aliphatic heterocycles. The summed E-state index contributed by atoms with van der Waals surface area (Å²) in [4.78, 5) is 14.7. The molecule has 21 heavy (non-hydrogen) atoms. The monoisotopic (exact) mass is 316 g/mol. The molecule has 0 aliphatic carbocycles. The third kappa shape index (κ3) is 2.97. The molecule has 0 saturated carbocycles. The maximum absolute atomic E-state index is 12.5. The highest BCUT2D eigenvalue weighted by atomic mass is 35.5. The van der Waals surface area contributed by atoms with Gasteiger partial charge in [0.25, 0.3) is 5.91 Å². The van der Waals surface area contributed by atoms with Gasteiger partial charge in [0.05, 0.1) is 11.4 Å². The van der Waals surface area contributed by atoms with Gasteiger partial charge >= 0.3 is 6.18 Å². The minimum Gasteiger partial charge on any atom is -0.355 e. The number of carbonyl (C=O) groups excluding carboxylic acids is 1. The van der Waals surface area contributed by atoms with E-state index in [9.17, 15) is 18.0 Å². The summed E-state index contributed by atoms with van der Waals surface area (Å²) in [6.07, 6.45) is -4.43. The van der Waals surface area contributed by atoms with Crippen molar-refractivity contribution in [2.45, 2.75) is 12.1 Å². The Labute approximate surface area is 122 Å². The average molecular weight is 317 g/mol. The van der Waals surface area contributed by atoms with Crippen molar-refractivity contribution in [1.82, 2.24) is 5.16 Å². The second-order valence-corrected chi connectivity index (χ2v) is 4.28. The van der Waals surface area contributed by atoms with Crippen LogP contribution in [0.5, 0.6) is 0 Å². The molecule has 0 unspecified atom stereocenters. The van der Waals surface area contributed by atoms with Gasteiger partial charge < -0.3 is 4.52 Å². The van der Waals surface area contributed by atoms with Crippen LogP contribution in [0.2, 0.25) is 0 Å². The summed E-state index contributed by atoms with van der Waals surface area (Å²) < 4.78 is 42.5. The number of nitrogens with zero attached hydrogens (tertiary/aromatic N) is 2. The van der Waals surface area contributed by atoms with E-state index in [4.69, 9.17) is 16.1 Å². The van der Waals surface area contributed by atoms with Crippen LogP contribution < -0.4 is 0 Å². The fourth-order valence-corrected chi connectivity index (χ4v) is 1.96. The summed E-state index contributed by atoms with van der Waals surface area (Å²) in [7, 11) is 0. The lowest BCUT2D eigenvalue weighted by Crippen LogP contribution is -2.04. The largest absolute Gasteiger partial charge is 0.416 e. The van der Waals surface area contributed by atoms with E-state index in [0.29, 0.717) is 5.56 Å². The van der Waals surface area contributed by atoms with E-state index >= 15 is 0 Å². The van der Waals surface area contributed by atoms with Gasteiger partial charge in [0.15, 0.2) is 11.5 Å². The molecule has 0 saturated heterocycles. The normalized spacial score (nSPS) is 11.4. The zero-order chi connectivity index (χ0) is 15.6. The lowest BCUT2D eigenvalue weighted by atomic mass is 10.1. The third-order valence-electron chi connectivity index (χ3n) is 2.74. The Morgan fingerprint density at radius 2 is 1.95 bits per heavy atom. The molecule has 2 aromatic rings. The fourth-order valence-electron chi connectivity index (χ4n) is 1.71. The Balaban J connectivity index is 2.45. The molecule has 2 rings (SSSR count). The number of alkyl halides is 4. The van der Waals surface area contributed by atoms with Crippen LogP contribution >= 0.6 is 11.6 Å². The first-order chi connectivity index (χ1) is 9.88. The van der Waals surface area contributed by atoms with Crippen molar-refractivity contribution in [1.29, 1.82) is 0 Å². The first-order valence-electron chi connectivity index (χ1n) is 5.61. The number of halogens is 4. The molecule has 8 heteroatoms. The van der Waals surface area contributed by atoms with E-state index < -0.39 is 17.6 Å². The first-order valence-corrected chi connectivity index (χ1v) is 6.15. The van der Waals surface area contributed by atoms with Crippen molar-refractivity contribution in [3.05, 3.63) is 41.1 Å². The van der Waals surface area contributed by atoms with E-state index in [-0.39, 0.29) is 22.9 Å². The van der Waals surface area contributed by atoms with Crippen molar-refractivity contribution in [3.63, 3.8) is 0 Å². The van der Waals surface area contributed by atoms with Crippen LogP contribution in [-0.4, -0.2) is 17.8 Å². The van der Waals surface area contributed by atoms with Crippen molar-refractivity contribution >= 4 is 24.2 Å². The molecule has 0 fully saturated rings. The molecule has 4 nitrogen and oxygen atoms in total. The molecule has 1 heterocycles. The van der Waals surface area contributed by atoms with E-state index in [0.717, 1.165) is 12.1 Å². The molecule has 0 aliphatic rings. The van der Waals surface area contributed by atoms with Gasteiger partial charge in [0.2, 0.25) is 0 Å². The van der Waals surface area contributed by atoms with Crippen LogP contribution in [0, 0.1) is 0 Å². The van der Waals surface area contributed by atoms with Gasteiger partial charge in [-0.3, -0.25) is 4.79 Å². The summed E-state index contributed by atoms with van der Waals surface area (Å²) >= 11 is 5.74. The van der Waals surface area contributed by atoms with Crippen LogP contribution in [-0.2, 0) is 12.1 Å². The molecule has 1 aromatic heterocycles. The first kappa shape index (κ1) is 15.2. The minimum atomic E-state index is -4.43. The molecule has 0 radical (unpaired) electrons. The van der Waals surface area contributed by atoms with E-state index in [2.05, 4.69) is 16.9 Å². The van der Waals surface area contributed by atoms with Gasteiger partial charge in [0.1, 0.15) is 0 Å². The zero-order valence-corrected chi connectivity index (χ0v) is 11.2. The standard InChI is InChI=1S/C13H8ClF3N2O2/c1-18-12(20)10-9(6-14)11(21-19-10)7-2-4-8(5-3-7)13(15,16)17/h2-5H,1,6H2. The fraction of sp³-hybridized carbons (Fsp3) is 0.154. The summed E-state index contributed by atoms with van der Waals surface area (Å²) in [6, 6.07) is 4.25. The zero-order valence-electron chi connectivity index (χ0n) is 10.4. The molecule has 0 N–H and O–H groups in total. The van der Waals surface area contributed by atoms with Gasteiger partial charge in [-0.25, -0.2) is 4.99 Å². The molecular weight excluding hydrogens is 309 g/mol. The SMILES string of the molecule is C=NC(=O)c1noc(-c2ccc(C(F)(F)F)cc2)c1CCl. The maximum atomic E-state index is 12.5. The van der Waals surface area contributed by atoms with Gasteiger partial charge in [-0.15, -0.1) is 11.6 Å². The van der Waals surface area contributed by atoms with Gasteiger partial charge in [-0.1, -0.05) is 17.3 Å². The topological polar surface area (TPSA) is 55.5 Å². The molecule has 0 spiro atoms. The number of aliphatic imine (C=N–C) groups is 1. The molecule has 1 aromatic carbocycles. The average Bonchev–Trinajstić information content (AvgIpc) is 2.89. The lowest BCUT2D eigenvalue weighted by molar-refractivity contribution is -0.137. The highest BCUT2D eigenvalue weighted by Crippen LogP contribution is 2.33. The quantitative estimate of drug-likeness (QED) is 0.636. The Kier molecular flexibility index (Phi) is 4.13. The molecule has 0 bridgehead atoms. The number of hydrogen-bond acceptors (Lipinski definition) is 3. The van der Waals surface area contributed by atoms with Crippen molar-refractivity contribution in [3.8, 4) is 11.3 Å². The lowest BCUT2D eigenvalue weighted by Gasteiger charge is -2.06. The second kappa shape index (κ2) is 5.69. The van der Waals surface area contributed by atoms with Crippen molar-refractivity contribution < 1.29 is 22.5 Å². The summed E-state index contributed by atoms with van der Waals surface area (Å²) in [5, 5.41) is 3.54. The van der Waals surface area contributed by atoms with Gasteiger partial charge in [0, 0.05) is 11.1 Å². The molecule has 0 atom stereocenters. The van der Waals surface area contributed by atoms with Crippen molar-refractivity contribution in [2.24, 2.45) is 4.99 Å². The smallest absolute Gasteiger partial charge is 0.355 e. The summed E-state index contributed by atoms with van der Waals surface area (Å²) in [6.45, 7) is 3.08. The Morgan fingerprint density at radius 1 is 1.33 bits per heavy atom. The third-order valence-corrected chi connectivity index (χ3v) is 3.01. The highest BCUT2D eigenvalue weighted by Gasteiger charge is 2.30. The minimum absolute atomic E-state index is 0.101. The predicted molar refractivity (Wildman–Crippen MR) is 70.4 cm³/mol. The summed E-state index contributed by atoms with van der Waals surface area (Å²) in [5.74, 6) is -0.686. The van der Waals surface area contributed by atoms with E-state index in [1.165, 1.54) is 12.1 Å². The van der Waals surface area contributed by atoms with Crippen molar-refractivity contribution in [2.75, 3.05) is 0 Å². The van der Waals surface area contributed by atoms with Crippen LogP contribution in [0.3, 0.4) is 0 Å². The number of aromatic nitrogens is 1. The number of hydrogen-bond donors (Lipinski definition) is 0. The second-order valence-electron chi connectivity index (χ2n) is 4.01. The summed E-state index contributed by atoms with van der Waals surface area (Å²) in [5.41, 5.74) is -0.305. The van der Waals surface area contributed by atoms with E-state index in [1.807, 2.05) is 0 Å². The maximum Gasteiger partial charge on any atom is 0.416 e. The van der Waals surface area contributed by atoms with Gasteiger partial charge in [-0.2, -0.15) is 13.2 Å². The highest BCUT2D eigenvalue weighted by molar-refractivity contribution is 6.18. The Bertz CT molecular complexity index is 678. The van der Waals surface area contributed by atoms with Crippen LogP contribution in [0.25, 0.3) is 11.3 Å². The molecule has 1 amide bonds. The van der Waals surface area contributed by atoms with Crippen LogP contribution in [0.1, 0.15) is 21.6 Å². The van der Waals surface area contributed by atoms with Crippen LogP contribution in [0.4, 0.5) is 13.2 Å². The number of carbonyl (C=O) groups is 1. The Morgan fingerprint density at radius 3 is 2.43 bits per heavy atom. The Hall–Kier alpha value is -2.15. The molecule has 110 valence electrons. The number of amides is 1. The number of rotatable bonds is 3. The number of benzene rings is 1. The van der Waals surface area contributed by atoms with E-state index in [1.54, 1.807) is 0 Å².